The first-order valence-electron chi connectivity index (χ1n) is 6.13. The number of carbonyl (C=O) groups is 1. The molecule has 1 aromatic carbocycles. The van der Waals surface area contributed by atoms with Gasteiger partial charge < -0.3 is 19.1 Å². The quantitative estimate of drug-likeness (QED) is 0.842. The molecule has 2 aromatic rings. The third-order valence-electron chi connectivity index (χ3n) is 3.10. The lowest BCUT2D eigenvalue weighted by atomic mass is 10.1. The maximum atomic E-state index is 12.4. The van der Waals surface area contributed by atoms with Crippen LogP contribution in [0.5, 0.6) is 5.75 Å². The second-order valence-corrected chi connectivity index (χ2v) is 5.14. The average Bonchev–Trinajstić information content (AvgIpc) is 2.49. The Hall–Kier alpha value is -1.86. The third-order valence-corrected chi connectivity index (χ3v) is 3.72. The molecular weight excluding hydrogens is 342 g/mol. The highest BCUT2D eigenvalue weighted by Crippen LogP contribution is 2.29. The van der Waals surface area contributed by atoms with Gasteiger partial charge in [0, 0.05) is 24.2 Å². The molecule has 2 rings (SSSR count). The SMILES string of the molecule is COC(=O)c1cn(CCO)c2cc(OC)c(Br)cc2c1=O. The number of rotatable bonds is 4. The number of benzene rings is 1. The summed E-state index contributed by atoms with van der Waals surface area (Å²) in [6, 6.07) is 3.27. The molecule has 0 radical (unpaired) electrons. The molecule has 0 saturated carbocycles. The summed E-state index contributed by atoms with van der Waals surface area (Å²) in [5, 5.41) is 9.51. The molecule has 0 atom stereocenters. The van der Waals surface area contributed by atoms with Gasteiger partial charge in [0.1, 0.15) is 11.3 Å². The Morgan fingerprint density at radius 1 is 1.38 bits per heavy atom. The molecule has 0 bridgehead atoms. The Bertz CT molecular complexity index is 753. The lowest BCUT2D eigenvalue weighted by Crippen LogP contribution is -2.21. The summed E-state index contributed by atoms with van der Waals surface area (Å²) in [6.45, 7) is 0.114. The van der Waals surface area contributed by atoms with Gasteiger partial charge in [0.05, 0.1) is 30.8 Å². The lowest BCUT2D eigenvalue weighted by Gasteiger charge is -2.13. The number of methoxy groups -OCH3 is 2. The number of esters is 1. The van der Waals surface area contributed by atoms with Crippen LogP contribution in [0.2, 0.25) is 0 Å². The van der Waals surface area contributed by atoms with E-state index < -0.39 is 11.4 Å². The monoisotopic (exact) mass is 355 g/mol. The van der Waals surface area contributed by atoms with Gasteiger partial charge in [0.15, 0.2) is 0 Å². The van der Waals surface area contributed by atoms with Crippen LogP contribution in [0.1, 0.15) is 10.4 Å². The number of carbonyl (C=O) groups excluding carboxylic acids is 1. The molecule has 6 nitrogen and oxygen atoms in total. The Kier molecular flexibility index (Phi) is 4.64. The van der Waals surface area contributed by atoms with Crippen LogP contribution in [-0.2, 0) is 11.3 Å². The number of aliphatic hydroxyl groups excluding tert-OH is 1. The summed E-state index contributed by atoms with van der Waals surface area (Å²) in [4.78, 5) is 24.1. The molecule has 0 fully saturated rings. The van der Waals surface area contributed by atoms with Crippen molar-refractivity contribution in [3.8, 4) is 5.75 Å². The third kappa shape index (κ3) is 2.79. The number of pyridine rings is 1. The summed E-state index contributed by atoms with van der Waals surface area (Å²) in [7, 11) is 2.73. The van der Waals surface area contributed by atoms with E-state index in [-0.39, 0.29) is 18.7 Å². The number of fused-ring (bicyclic) bond motifs is 1. The van der Waals surface area contributed by atoms with E-state index in [9.17, 15) is 9.59 Å². The highest BCUT2D eigenvalue weighted by atomic mass is 79.9. The average molecular weight is 356 g/mol. The van der Waals surface area contributed by atoms with Crippen LogP contribution < -0.4 is 10.2 Å². The van der Waals surface area contributed by atoms with Gasteiger partial charge in [-0.2, -0.15) is 0 Å². The predicted octanol–water partition coefficient (Wildman–Crippen LogP) is 1.55. The second-order valence-electron chi connectivity index (χ2n) is 4.28. The standard InChI is InChI=1S/C14H14BrNO5/c1-20-12-6-11-8(5-10(12)15)13(18)9(14(19)21-2)7-16(11)3-4-17/h5-7,17H,3-4H2,1-2H3. The van der Waals surface area contributed by atoms with Crippen molar-refractivity contribution in [1.29, 1.82) is 0 Å². The number of hydrogen-bond donors (Lipinski definition) is 1. The van der Waals surface area contributed by atoms with E-state index in [1.807, 2.05) is 0 Å². The molecule has 0 aliphatic carbocycles. The molecule has 21 heavy (non-hydrogen) atoms. The van der Waals surface area contributed by atoms with E-state index in [1.54, 1.807) is 16.7 Å². The number of ether oxygens (including phenoxy) is 2. The molecule has 1 aromatic heterocycles. The van der Waals surface area contributed by atoms with E-state index in [0.29, 0.717) is 21.1 Å². The number of aromatic nitrogens is 1. The van der Waals surface area contributed by atoms with Crippen LogP contribution in [0.15, 0.2) is 27.6 Å². The van der Waals surface area contributed by atoms with E-state index in [4.69, 9.17) is 9.84 Å². The maximum absolute atomic E-state index is 12.4. The molecule has 0 spiro atoms. The first kappa shape index (κ1) is 15.5. The largest absolute Gasteiger partial charge is 0.495 e. The minimum Gasteiger partial charge on any atom is -0.495 e. The van der Waals surface area contributed by atoms with Crippen molar-refractivity contribution in [2.45, 2.75) is 6.54 Å². The van der Waals surface area contributed by atoms with Crippen LogP contribution in [0.4, 0.5) is 0 Å². The number of aliphatic hydroxyl groups is 1. The number of nitrogens with zero attached hydrogens (tertiary/aromatic N) is 1. The summed E-state index contributed by atoms with van der Waals surface area (Å²) in [5.74, 6) is -0.153. The highest BCUT2D eigenvalue weighted by Gasteiger charge is 2.17. The first-order chi connectivity index (χ1) is 10.0. The van der Waals surface area contributed by atoms with Crippen LogP contribution in [-0.4, -0.2) is 36.5 Å². The normalized spacial score (nSPS) is 10.7. The zero-order valence-electron chi connectivity index (χ0n) is 11.6. The first-order valence-corrected chi connectivity index (χ1v) is 6.92. The van der Waals surface area contributed by atoms with Crippen molar-refractivity contribution in [3.05, 3.63) is 38.6 Å². The van der Waals surface area contributed by atoms with Gasteiger partial charge in [-0.1, -0.05) is 0 Å². The van der Waals surface area contributed by atoms with Crippen LogP contribution in [0.3, 0.4) is 0 Å². The fraction of sp³-hybridized carbons (Fsp3) is 0.286. The van der Waals surface area contributed by atoms with E-state index in [0.717, 1.165) is 0 Å². The van der Waals surface area contributed by atoms with Gasteiger partial charge in [0.25, 0.3) is 0 Å². The molecule has 112 valence electrons. The molecular formula is C14H14BrNO5. The van der Waals surface area contributed by atoms with Crippen molar-refractivity contribution in [1.82, 2.24) is 4.57 Å². The Morgan fingerprint density at radius 2 is 2.10 bits per heavy atom. The van der Waals surface area contributed by atoms with Crippen molar-refractivity contribution < 1.29 is 19.4 Å². The minimum atomic E-state index is -0.708. The van der Waals surface area contributed by atoms with Gasteiger partial charge in [-0.05, 0) is 22.0 Å². The fourth-order valence-corrected chi connectivity index (χ4v) is 2.60. The van der Waals surface area contributed by atoms with Crippen LogP contribution in [0.25, 0.3) is 10.9 Å². The van der Waals surface area contributed by atoms with Crippen molar-refractivity contribution in [2.24, 2.45) is 0 Å². The van der Waals surface area contributed by atoms with E-state index in [1.165, 1.54) is 20.4 Å². The summed E-state index contributed by atoms with van der Waals surface area (Å²) in [5.41, 5.74) is 0.0756. The summed E-state index contributed by atoms with van der Waals surface area (Å²) < 4.78 is 12.1. The fourth-order valence-electron chi connectivity index (χ4n) is 2.10. The Labute approximate surface area is 129 Å². The zero-order chi connectivity index (χ0) is 15.6. The van der Waals surface area contributed by atoms with Gasteiger partial charge in [-0.25, -0.2) is 4.79 Å². The van der Waals surface area contributed by atoms with Crippen molar-refractivity contribution in [2.75, 3.05) is 20.8 Å². The molecule has 1 N–H and O–H groups in total. The van der Waals surface area contributed by atoms with Gasteiger partial charge in [-0.3, -0.25) is 4.79 Å². The molecule has 0 unspecified atom stereocenters. The topological polar surface area (TPSA) is 77.8 Å². The molecule has 0 saturated heterocycles. The van der Waals surface area contributed by atoms with E-state index >= 15 is 0 Å². The Balaban J connectivity index is 2.86. The predicted molar refractivity (Wildman–Crippen MR) is 80.9 cm³/mol. The molecule has 0 aliphatic heterocycles. The lowest BCUT2D eigenvalue weighted by molar-refractivity contribution is 0.0598. The second kappa shape index (κ2) is 6.28. The zero-order valence-corrected chi connectivity index (χ0v) is 13.1. The minimum absolute atomic E-state index is 0.0736. The molecule has 1 heterocycles. The van der Waals surface area contributed by atoms with Crippen molar-refractivity contribution in [3.63, 3.8) is 0 Å². The highest BCUT2D eigenvalue weighted by molar-refractivity contribution is 9.10. The summed E-state index contributed by atoms with van der Waals surface area (Å²) in [6.07, 6.45) is 1.39. The number of halogens is 1. The molecule has 0 aliphatic rings. The van der Waals surface area contributed by atoms with Crippen molar-refractivity contribution >= 4 is 32.8 Å². The summed E-state index contributed by atoms with van der Waals surface area (Å²) >= 11 is 3.32. The smallest absolute Gasteiger partial charge is 0.343 e. The molecule has 0 amide bonds. The molecule has 7 heteroatoms. The van der Waals surface area contributed by atoms with Crippen LogP contribution in [0, 0.1) is 0 Å². The van der Waals surface area contributed by atoms with E-state index in [2.05, 4.69) is 20.7 Å². The van der Waals surface area contributed by atoms with Gasteiger partial charge in [-0.15, -0.1) is 0 Å². The van der Waals surface area contributed by atoms with Gasteiger partial charge in [0.2, 0.25) is 5.43 Å². The van der Waals surface area contributed by atoms with Gasteiger partial charge >= 0.3 is 5.97 Å². The number of hydrogen-bond acceptors (Lipinski definition) is 5. The van der Waals surface area contributed by atoms with Crippen LogP contribution >= 0.6 is 15.9 Å². The Morgan fingerprint density at radius 3 is 2.67 bits per heavy atom. The maximum Gasteiger partial charge on any atom is 0.343 e.